The van der Waals surface area contributed by atoms with Crippen LogP contribution in [0.25, 0.3) is 0 Å². The highest BCUT2D eigenvalue weighted by atomic mass is 19.4. The lowest BCUT2D eigenvalue weighted by Crippen LogP contribution is -2.22. The number of aliphatic imine (C=N–C) groups is 1. The second-order valence-corrected chi connectivity index (χ2v) is 1.92. The van der Waals surface area contributed by atoms with Crippen molar-refractivity contribution in [3.8, 4) is 0 Å². The van der Waals surface area contributed by atoms with E-state index in [9.17, 15) is 18.0 Å². The van der Waals surface area contributed by atoms with Gasteiger partial charge in [-0.1, -0.05) is 0 Å². The number of allylic oxidation sites excluding steroid dienone is 1. The maximum Gasteiger partial charge on any atom is 0.422 e. The Morgan fingerprint density at radius 3 is 2.55 bits per heavy atom. The Kier molecular flexibility index (Phi) is 1.80. The first-order chi connectivity index (χ1) is 5.02. The van der Waals surface area contributed by atoms with Gasteiger partial charge in [0.25, 0.3) is 0 Å². The maximum atomic E-state index is 11.8. The van der Waals surface area contributed by atoms with Crippen LogP contribution in [0.5, 0.6) is 0 Å². The fourth-order valence-electron chi connectivity index (χ4n) is 0.625. The Morgan fingerprint density at radius 1 is 1.55 bits per heavy atom. The summed E-state index contributed by atoms with van der Waals surface area (Å²) in [5, 5.41) is 0. The highest BCUT2D eigenvalue weighted by molar-refractivity contribution is 6.05. The summed E-state index contributed by atoms with van der Waals surface area (Å²) in [5.74, 6) is -0.979. The Bertz CT molecular complexity index is 239. The molecule has 0 spiro atoms. The Labute approximate surface area is 60.4 Å². The smallest absolute Gasteiger partial charge is 0.294 e. The second-order valence-electron chi connectivity index (χ2n) is 1.92. The van der Waals surface area contributed by atoms with E-state index in [4.69, 9.17) is 0 Å². The Balaban J connectivity index is 2.93. The number of carbonyl (C=O) groups excluding carboxylic acids is 1. The van der Waals surface area contributed by atoms with Crippen molar-refractivity contribution in [2.45, 2.75) is 12.6 Å². The summed E-state index contributed by atoms with van der Waals surface area (Å²) >= 11 is 0. The Hall–Kier alpha value is -1.13. The molecule has 0 N–H and O–H groups in total. The van der Waals surface area contributed by atoms with Gasteiger partial charge in [0.2, 0.25) is 0 Å². The second kappa shape index (κ2) is 2.48. The zero-order chi connectivity index (χ0) is 8.48. The van der Waals surface area contributed by atoms with Crippen molar-refractivity contribution < 1.29 is 18.0 Å². The highest BCUT2D eigenvalue weighted by Gasteiger charge is 2.39. The van der Waals surface area contributed by atoms with Crippen molar-refractivity contribution in [3.05, 3.63) is 11.8 Å². The van der Waals surface area contributed by atoms with E-state index in [1.165, 1.54) is 0 Å². The number of hydrogen-bond donors (Lipinski definition) is 0. The summed E-state index contributed by atoms with van der Waals surface area (Å²) in [6.45, 7) is 0. The minimum atomic E-state index is -4.62. The van der Waals surface area contributed by atoms with Crippen LogP contribution in [0, 0.1) is 6.20 Å². The van der Waals surface area contributed by atoms with Crippen LogP contribution in [-0.2, 0) is 4.79 Å². The summed E-state index contributed by atoms with van der Waals surface area (Å²) in [6, 6.07) is 0. The normalized spacial score (nSPS) is 18.5. The molecule has 11 heavy (non-hydrogen) atoms. The van der Waals surface area contributed by atoms with Gasteiger partial charge in [-0.05, 0) is 0 Å². The standard InChI is InChI=1S/C6H3F3NO/c7-6(8,9)4-3-10-2-1-5(4)11/h2H,1H2. The lowest BCUT2D eigenvalue weighted by atomic mass is 10.1. The number of nitrogens with zero attached hydrogens (tertiary/aromatic N) is 1. The summed E-state index contributed by atoms with van der Waals surface area (Å²) in [7, 11) is 0. The van der Waals surface area contributed by atoms with Crippen LogP contribution in [0.1, 0.15) is 6.42 Å². The molecule has 0 unspecified atom stereocenters. The third-order valence-corrected chi connectivity index (χ3v) is 1.11. The number of carbonyl (C=O) groups is 1. The molecule has 1 radical (unpaired) electrons. The molecule has 2 nitrogen and oxygen atoms in total. The van der Waals surface area contributed by atoms with E-state index in [-0.39, 0.29) is 6.42 Å². The number of hydrogen-bond acceptors (Lipinski definition) is 2. The average Bonchev–Trinajstić information content (AvgIpc) is 1.86. The van der Waals surface area contributed by atoms with Crippen molar-refractivity contribution in [2.75, 3.05) is 0 Å². The topological polar surface area (TPSA) is 29.4 Å². The van der Waals surface area contributed by atoms with Gasteiger partial charge >= 0.3 is 6.18 Å². The van der Waals surface area contributed by atoms with Crippen LogP contribution in [-0.4, -0.2) is 18.2 Å². The molecule has 0 aromatic carbocycles. The molecule has 5 heteroatoms. The maximum absolute atomic E-state index is 11.8. The molecule has 59 valence electrons. The fourth-order valence-corrected chi connectivity index (χ4v) is 0.625. The van der Waals surface area contributed by atoms with Crippen LogP contribution in [0.3, 0.4) is 0 Å². The predicted octanol–water partition coefficient (Wildman–Crippen LogP) is 1.28. The zero-order valence-corrected chi connectivity index (χ0v) is 5.27. The molecule has 0 aliphatic carbocycles. The van der Waals surface area contributed by atoms with Gasteiger partial charge in [-0.3, -0.25) is 9.79 Å². The van der Waals surface area contributed by atoms with Crippen molar-refractivity contribution in [1.82, 2.24) is 0 Å². The van der Waals surface area contributed by atoms with Crippen molar-refractivity contribution in [3.63, 3.8) is 0 Å². The first-order valence-electron chi connectivity index (χ1n) is 2.76. The summed E-state index contributed by atoms with van der Waals surface area (Å²) in [6.07, 6.45) is -2.19. The molecule has 0 atom stereocenters. The van der Waals surface area contributed by atoms with Crippen LogP contribution in [0.2, 0.25) is 0 Å². The Morgan fingerprint density at radius 2 is 2.18 bits per heavy atom. The molecule has 1 rings (SSSR count). The molecule has 0 aromatic rings. The van der Waals surface area contributed by atoms with Gasteiger partial charge < -0.3 is 0 Å². The number of halogens is 3. The number of rotatable bonds is 0. The number of Topliss-reactive ketones (excluding diaryl/α,β-unsaturated/α-hetero) is 1. The van der Waals surface area contributed by atoms with E-state index >= 15 is 0 Å². The molecule has 0 fully saturated rings. The summed E-state index contributed by atoms with van der Waals surface area (Å²) < 4.78 is 35.4. The SMILES string of the molecule is O=C1CC=N[C]=C1C(F)(F)F. The highest BCUT2D eigenvalue weighted by Crippen LogP contribution is 2.27. The van der Waals surface area contributed by atoms with Crippen molar-refractivity contribution in [1.29, 1.82) is 0 Å². The van der Waals surface area contributed by atoms with Crippen molar-refractivity contribution in [2.24, 2.45) is 4.99 Å². The van der Waals surface area contributed by atoms with Crippen molar-refractivity contribution >= 4 is 12.0 Å². The monoisotopic (exact) mass is 162 g/mol. The molecule has 0 amide bonds. The van der Waals surface area contributed by atoms with E-state index in [2.05, 4.69) is 4.99 Å². The van der Waals surface area contributed by atoms with E-state index < -0.39 is 17.5 Å². The van der Waals surface area contributed by atoms with Crippen LogP contribution >= 0.6 is 0 Å². The van der Waals surface area contributed by atoms with Gasteiger partial charge in [0, 0.05) is 12.6 Å². The summed E-state index contributed by atoms with van der Waals surface area (Å²) in [4.78, 5) is 13.7. The van der Waals surface area contributed by atoms with Gasteiger partial charge in [0.05, 0.1) is 0 Å². The minimum Gasteiger partial charge on any atom is -0.294 e. The first-order valence-corrected chi connectivity index (χ1v) is 2.76. The van der Waals surface area contributed by atoms with Crippen LogP contribution in [0.15, 0.2) is 10.6 Å². The lowest BCUT2D eigenvalue weighted by molar-refractivity contribution is -0.128. The van der Waals surface area contributed by atoms with Crippen LogP contribution in [0.4, 0.5) is 13.2 Å². The van der Waals surface area contributed by atoms with Gasteiger partial charge in [-0.2, -0.15) is 13.2 Å². The minimum absolute atomic E-state index is 0.290. The first kappa shape index (κ1) is 7.97. The molecule has 1 heterocycles. The zero-order valence-electron chi connectivity index (χ0n) is 5.27. The summed E-state index contributed by atoms with van der Waals surface area (Å²) in [5.41, 5.74) is -1.29. The van der Waals surface area contributed by atoms with Gasteiger partial charge in [-0.25, -0.2) is 0 Å². The average molecular weight is 162 g/mol. The predicted molar refractivity (Wildman–Crippen MR) is 30.9 cm³/mol. The molecule has 0 bridgehead atoms. The van der Waals surface area contributed by atoms with E-state index in [0.717, 1.165) is 6.21 Å². The largest absolute Gasteiger partial charge is 0.422 e. The van der Waals surface area contributed by atoms with Gasteiger partial charge in [-0.15, -0.1) is 0 Å². The third kappa shape index (κ3) is 1.66. The lowest BCUT2D eigenvalue weighted by Gasteiger charge is -2.09. The molecule has 1 aliphatic rings. The number of ketones is 1. The molecule has 0 saturated heterocycles. The van der Waals surface area contributed by atoms with Crippen LogP contribution < -0.4 is 0 Å². The van der Waals surface area contributed by atoms with E-state index in [1.807, 2.05) is 0 Å². The molecule has 1 aliphatic heterocycles. The fraction of sp³-hybridized carbons (Fsp3) is 0.333. The molecular formula is C6H3F3NO. The molecule has 0 saturated carbocycles. The molecule has 0 aromatic heterocycles. The van der Waals surface area contributed by atoms with Gasteiger partial charge in [0.1, 0.15) is 11.8 Å². The van der Waals surface area contributed by atoms with Gasteiger partial charge in [0.15, 0.2) is 5.78 Å². The van der Waals surface area contributed by atoms with E-state index in [0.29, 0.717) is 0 Å². The quantitative estimate of drug-likeness (QED) is 0.527. The third-order valence-electron chi connectivity index (χ3n) is 1.11. The number of alkyl halides is 3. The molecular weight excluding hydrogens is 159 g/mol. The van der Waals surface area contributed by atoms with E-state index in [1.54, 1.807) is 6.20 Å².